The minimum absolute atomic E-state index is 0.00307. The largest absolute Gasteiger partial charge is 0.349 e. The average Bonchev–Trinajstić information content (AvgIpc) is 3.04. The van der Waals surface area contributed by atoms with E-state index in [0.717, 1.165) is 18.8 Å². The topological polar surface area (TPSA) is 89.1 Å². The quantitative estimate of drug-likeness (QED) is 0.674. The molecule has 7 heteroatoms. The molecule has 1 amide bonds. The number of nitrogens with one attached hydrogen (secondary N) is 1. The number of likely N-dealkylation sites (tertiary alicyclic amines) is 1. The highest BCUT2D eigenvalue weighted by molar-refractivity contribution is 5.77. The third kappa shape index (κ3) is 3.78. The van der Waals surface area contributed by atoms with Crippen LogP contribution in [0.2, 0.25) is 0 Å². The third-order valence-electron chi connectivity index (χ3n) is 3.08. The molecule has 1 aromatic heterocycles. The summed E-state index contributed by atoms with van der Waals surface area (Å²) in [4.78, 5) is 13.4. The van der Waals surface area contributed by atoms with Crippen molar-refractivity contribution in [1.29, 1.82) is 0 Å². The zero-order chi connectivity index (χ0) is 12.8. The van der Waals surface area contributed by atoms with Crippen LogP contribution in [-0.2, 0) is 17.9 Å². The normalized spacial score (nSPS) is 16.1. The molecule has 1 aliphatic heterocycles. The van der Waals surface area contributed by atoms with E-state index < -0.39 is 0 Å². The Bertz CT molecular complexity index is 385. The Morgan fingerprint density at radius 1 is 1.39 bits per heavy atom. The van der Waals surface area contributed by atoms with Gasteiger partial charge in [0.05, 0.1) is 25.8 Å². The van der Waals surface area contributed by atoms with Crippen molar-refractivity contribution in [2.75, 3.05) is 26.2 Å². The van der Waals surface area contributed by atoms with Crippen LogP contribution >= 0.6 is 0 Å². The summed E-state index contributed by atoms with van der Waals surface area (Å²) < 4.78 is 1.82. The second-order valence-electron chi connectivity index (χ2n) is 4.50. The van der Waals surface area contributed by atoms with Gasteiger partial charge in [0.2, 0.25) is 5.91 Å². The van der Waals surface area contributed by atoms with Gasteiger partial charge in [0, 0.05) is 6.54 Å². The summed E-state index contributed by atoms with van der Waals surface area (Å²) >= 11 is 0. The number of nitrogens with two attached hydrogens (primary N) is 1. The molecule has 2 heterocycles. The molecule has 0 spiro atoms. The van der Waals surface area contributed by atoms with E-state index in [1.807, 2.05) is 10.9 Å². The molecule has 1 aromatic rings. The Labute approximate surface area is 106 Å². The Morgan fingerprint density at radius 2 is 2.17 bits per heavy atom. The summed E-state index contributed by atoms with van der Waals surface area (Å²) in [5.74, 6) is -0.179. The minimum Gasteiger partial charge on any atom is -0.349 e. The molecule has 0 aromatic carbocycles. The molecule has 0 atom stereocenters. The molecule has 0 saturated carbocycles. The summed E-state index contributed by atoms with van der Waals surface area (Å²) in [6.45, 7) is 4.63. The molecule has 100 valence electrons. The molecule has 0 aliphatic carbocycles. The molecular formula is C11H20N6O. The van der Waals surface area contributed by atoms with Gasteiger partial charge in [-0.05, 0) is 25.9 Å². The molecule has 2 rings (SSSR count). The fourth-order valence-corrected chi connectivity index (χ4v) is 2.04. The molecule has 1 aliphatic rings. The van der Waals surface area contributed by atoms with Crippen molar-refractivity contribution in [2.45, 2.75) is 25.9 Å². The summed E-state index contributed by atoms with van der Waals surface area (Å²) in [6.07, 6.45) is 4.47. The van der Waals surface area contributed by atoms with Gasteiger partial charge >= 0.3 is 0 Å². The highest BCUT2D eigenvalue weighted by Crippen LogP contribution is 2.06. The van der Waals surface area contributed by atoms with Crippen LogP contribution < -0.4 is 11.1 Å². The average molecular weight is 252 g/mol. The summed E-state index contributed by atoms with van der Waals surface area (Å²) in [6, 6.07) is 0. The number of carbonyl (C=O) groups is 1. The molecule has 0 unspecified atom stereocenters. The van der Waals surface area contributed by atoms with Crippen molar-refractivity contribution >= 4 is 5.91 Å². The fourth-order valence-electron chi connectivity index (χ4n) is 2.04. The van der Waals surface area contributed by atoms with Gasteiger partial charge in [-0.15, -0.1) is 5.10 Å². The van der Waals surface area contributed by atoms with E-state index in [4.69, 9.17) is 5.73 Å². The fraction of sp³-hybridized carbons (Fsp3) is 0.727. The molecule has 0 bridgehead atoms. The van der Waals surface area contributed by atoms with Crippen molar-refractivity contribution in [3.05, 3.63) is 11.9 Å². The van der Waals surface area contributed by atoms with Gasteiger partial charge in [-0.1, -0.05) is 5.21 Å². The van der Waals surface area contributed by atoms with Crippen LogP contribution in [-0.4, -0.2) is 52.0 Å². The highest BCUT2D eigenvalue weighted by atomic mass is 16.1. The zero-order valence-corrected chi connectivity index (χ0v) is 10.5. The van der Waals surface area contributed by atoms with E-state index in [1.54, 1.807) is 0 Å². The summed E-state index contributed by atoms with van der Waals surface area (Å²) in [5, 5.41) is 10.7. The van der Waals surface area contributed by atoms with E-state index in [-0.39, 0.29) is 12.5 Å². The van der Waals surface area contributed by atoms with Crippen molar-refractivity contribution in [2.24, 2.45) is 5.73 Å². The third-order valence-corrected chi connectivity index (χ3v) is 3.08. The predicted octanol–water partition coefficient (Wildman–Crippen LogP) is -1.05. The van der Waals surface area contributed by atoms with Crippen LogP contribution in [0.15, 0.2) is 6.20 Å². The number of nitrogens with zero attached hydrogens (tertiary/aromatic N) is 4. The van der Waals surface area contributed by atoms with Gasteiger partial charge in [-0.25, -0.2) is 0 Å². The Hall–Kier alpha value is -1.47. The van der Waals surface area contributed by atoms with Crippen molar-refractivity contribution in [3.63, 3.8) is 0 Å². The van der Waals surface area contributed by atoms with Crippen molar-refractivity contribution in [1.82, 2.24) is 25.2 Å². The minimum atomic E-state index is -0.179. The number of amides is 1. The van der Waals surface area contributed by atoms with Crippen LogP contribution in [0.25, 0.3) is 0 Å². The van der Waals surface area contributed by atoms with Gasteiger partial charge in [0.1, 0.15) is 5.69 Å². The lowest BCUT2D eigenvalue weighted by Crippen LogP contribution is -2.29. The first-order chi connectivity index (χ1) is 8.78. The van der Waals surface area contributed by atoms with E-state index >= 15 is 0 Å². The lowest BCUT2D eigenvalue weighted by Gasteiger charge is -2.13. The Kier molecular flexibility index (Phi) is 4.66. The lowest BCUT2D eigenvalue weighted by atomic mass is 10.4. The number of carbonyl (C=O) groups excluding carboxylic acids is 1. The highest BCUT2D eigenvalue weighted by Gasteiger charge is 2.11. The summed E-state index contributed by atoms with van der Waals surface area (Å²) in [7, 11) is 0. The van der Waals surface area contributed by atoms with Crippen molar-refractivity contribution in [3.8, 4) is 0 Å². The van der Waals surface area contributed by atoms with Crippen molar-refractivity contribution < 1.29 is 4.79 Å². The maximum atomic E-state index is 11.0. The molecule has 1 fully saturated rings. The van der Waals surface area contributed by atoms with Gasteiger partial charge in [-0.3, -0.25) is 9.48 Å². The van der Waals surface area contributed by atoms with Gasteiger partial charge in [0.15, 0.2) is 0 Å². The van der Waals surface area contributed by atoms with Crippen LogP contribution in [0.1, 0.15) is 18.5 Å². The lowest BCUT2D eigenvalue weighted by molar-refractivity contribution is -0.119. The second-order valence-corrected chi connectivity index (χ2v) is 4.50. The van der Waals surface area contributed by atoms with E-state index in [1.165, 1.54) is 25.9 Å². The Morgan fingerprint density at radius 3 is 2.89 bits per heavy atom. The second kappa shape index (κ2) is 6.46. The molecule has 7 nitrogen and oxygen atoms in total. The first kappa shape index (κ1) is 13.0. The molecule has 1 saturated heterocycles. The van der Waals surface area contributed by atoms with Gasteiger partial charge < -0.3 is 16.0 Å². The standard InChI is InChI=1S/C11H20N6O/c12-7-11(18)13-8-10-9-17(15-14-10)6-5-16-3-1-2-4-16/h9H,1-8,12H2,(H,13,18). The maximum absolute atomic E-state index is 11.0. The SMILES string of the molecule is NCC(=O)NCc1cn(CCN2CCCC2)nn1. The zero-order valence-electron chi connectivity index (χ0n) is 10.5. The number of aromatic nitrogens is 3. The smallest absolute Gasteiger partial charge is 0.234 e. The van der Waals surface area contributed by atoms with E-state index in [2.05, 4.69) is 20.5 Å². The predicted molar refractivity (Wildman–Crippen MR) is 66.6 cm³/mol. The van der Waals surface area contributed by atoms with Crippen LogP contribution in [0, 0.1) is 0 Å². The maximum Gasteiger partial charge on any atom is 0.234 e. The van der Waals surface area contributed by atoms with Gasteiger partial charge in [-0.2, -0.15) is 0 Å². The summed E-state index contributed by atoms with van der Waals surface area (Å²) in [5.41, 5.74) is 5.96. The van der Waals surface area contributed by atoms with Crippen LogP contribution in [0.5, 0.6) is 0 Å². The molecule has 18 heavy (non-hydrogen) atoms. The molecule has 0 radical (unpaired) electrons. The van der Waals surface area contributed by atoms with E-state index in [9.17, 15) is 4.79 Å². The number of hydrogen-bond acceptors (Lipinski definition) is 5. The van der Waals surface area contributed by atoms with Gasteiger partial charge in [0.25, 0.3) is 0 Å². The molecular weight excluding hydrogens is 232 g/mol. The monoisotopic (exact) mass is 252 g/mol. The molecule has 3 N–H and O–H groups in total. The number of hydrogen-bond donors (Lipinski definition) is 2. The Balaban J connectivity index is 1.73. The van der Waals surface area contributed by atoms with Crippen LogP contribution in [0.4, 0.5) is 0 Å². The number of rotatable bonds is 6. The van der Waals surface area contributed by atoms with Crippen LogP contribution in [0.3, 0.4) is 0 Å². The first-order valence-electron chi connectivity index (χ1n) is 6.36. The van der Waals surface area contributed by atoms with E-state index in [0.29, 0.717) is 6.54 Å². The first-order valence-corrected chi connectivity index (χ1v) is 6.36.